The van der Waals surface area contributed by atoms with Crippen molar-refractivity contribution < 1.29 is 0 Å². The molecule has 1 aliphatic rings. The zero-order chi connectivity index (χ0) is 10.8. The van der Waals surface area contributed by atoms with E-state index in [1.807, 2.05) is 0 Å². The predicted octanol–water partition coefficient (Wildman–Crippen LogP) is 1.61. The normalized spacial score (nSPS) is 20.9. The van der Waals surface area contributed by atoms with Gasteiger partial charge >= 0.3 is 0 Å². The average molecular weight is 319 g/mol. The Balaban J connectivity index is 2.24. The highest BCUT2D eigenvalue weighted by Gasteiger charge is 2.24. The van der Waals surface area contributed by atoms with Gasteiger partial charge in [-0.3, -0.25) is 4.79 Å². The lowest BCUT2D eigenvalue weighted by atomic mass is 10.1. The summed E-state index contributed by atoms with van der Waals surface area (Å²) < 4.78 is 0.701. The number of aromatic amines is 1. The van der Waals surface area contributed by atoms with E-state index >= 15 is 0 Å². The molecule has 2 heterocycles. The van der Waals surface area contributed by atoms with E-state index in [1.54, 1.807) is 0 Å². The Labute approximate surface area is 102 Å². The summed E-state index contributed by atoms with van der Waals surface area (Å²) in [5, 5.41) is 0. The molecule has 0 spiro atoms. The maximum Gasteiger partial charge on any atom is 0.266 e. The van der Waals surface area contributed by atoms with Gasteiger partial charge in [0.15, 0.2) is 0 Å². The second kappa shape index (κ2) is 4.51. The first-order chi connectivity index (χ1) is 7.22. The van der Waals surface area contributed by atoms with E-state index in [1.165, 1.54) is 19.2 Å². The fraction of sp³-hybridized carbons (Fsp3) is 0.600. The number of nitrogens with zero attached hydrogens (tertiary/aromatic N) is 2. The summed E-state index contributed by atoms with van der Waals surface area (Å²) in [5.41, 5.74) is -0.0412. The number of halogens is 1. The zero-order valence-corrected chi connectivity index (χ0v) is 10.8. The number of H-pyrrole nitrogens is 1. The molecule has 1 saturated heterocycles. The first-order valence-corrected chi connectivity index (χ1v) is 6.28. The minimum absolute atomic E-state index is 0.0412. The van der Waals surface area contributed by atoms with Crippen LogP contribution in [0.3, 0.4) is 0 Å². The Morgan fingerprint density at radius 3 is 3.20 bits per heavy atom. The van der Waals surface area contributed by atoms with Crippen LogP contribution in [0.25, 0.3) is 0 Å². The van der Waals surface area contributed by atoms with Crippen LogP contribution in [0.15, 0.2) is 11.1 Å². The van der Waals surface area contributed by atoms with Crippen LogP contribution in [0.4, 0.5) is 5.82 Å². The molecule has 1 aromatic rings. The van der Waals surface area contributed by atoms with Crippen LogP contribution in [-0.2, 0) is 0 Å². The first kappa shape index (κ1) is 10.9. The number of rotatable bonds is 2. The van der Waals surface area contributed by atoms with E-state index in [9.17, 15) is 4.79 Å². The summed E-state index contributed by atoms with van der Waals surface area (Å²) >= 11 is 2.07. The topological polar surface area (TPSA) is 49.0 Å². The van der Waals surface area contributed by atoms with Crippen LogP contribution in [0.2, 0.25) is 0 Å². The fourth-order valence-corrected chi connectivity index (χ4v) is 2.59. The minimum atomic E-state index is -0.0412. The third kappa shape index (κ3) is 2.16. The average Bonchev–Trinajstić information content (AvgIpc) is 2.70. The second-order valence-corrected chi connectivity index (χ2v) is 4.96. The molecule has 0 bridgehead atoms. The molecule has 0 radical (unpaired) electrons. The van der Waals surface area contributed by atoms with E-state index in [4.69, 9.17) is 0 Å². The summed E-state index contributed by atoms with van der Waals surface area (Å²) in [6.07, 6.45) is 3.90. The summed E-state index contributed by atoms with van der Waals surface area (Å²) in [4.78, 5) is 20.5. The van der Waals surface area contributed by atoms with Crippen molar-refractivity contribution in [1.82, 2.24) is 9.97 Å². The van der Waals surface area contributed by atoms with Crippen molar-refractivity contribution in [1.29, 1.82) is 0 Å². The summed E-state index contributed by atoms with van der Waals surface area (Å²) in [6, 6.07) is 0. The Kier molecular flexibility index (Phi) is 3.28. The van der Waals surface area contributed by atoms with Gasteiger partial charge in [-0.2, -0.15) is 0 Å². The Morgan fingerprint density at radius 1 is 1.73 bits per heavy atom. The lowest BCUT2D eigenvalue weighted by Crippen LogP contribution is -2.25. The van der Waals surface area contributed by atoms with Gasteiger partial charge in [0.1, 0.15) is 9.39 Å². The monoisotopic (exact) mass is 319 g/mol. The highest BCUT2D eigenvalue weighted by atomic mass is 127. The van der Waals surface area contributed by atoms with Gasteiger partial charge in [-0.25, -0.2) is 4.98 Å². The van der Waals surface area contributed by atoms with Crippen molar-refractivity contribution in [3.05, 3.63) is 20.3 Å². The fourth-order valence-electron chi connectivity index (χ4n) is 1.95. The lowest BCUT2D eigenvalue weighted by molar-refractivity contribution is 0.568. The largest absolute Gasteiger partial charge is 0.355 e. The Bertz CT molecular complexity index is 404. The van der Waals surface area contributed by atoms with Crippen molar-refractivity contribution in [3.63, 3.8) is 0 Å². The minimum Gasteiger partial charge on any atom is -0.355 e. The molecule has 15 heavy (non-hydrogen) atoms. The number of nitrogens with one attached hydrogen (secondary N) is 1. The van der Waals surface area contributed by atoms with Crippen molar-refractivity contribution in [2.75, 3.05) is 18.0 Å². The van der Waals surface area contributed by atoms with E-state index in [2.05, 4.69) is 44.4 Å². The molecular formula is C10H14IN3O. The van der Waals surface area contributed by atoms with Gasteiger partial charge in [-0.05, 0) is 34.9 Å². The molecule has 1 atom stereocenters. The van der Waals surface area contributed by atoms with Gasteiger partial charge < -0.3 is 9.88 Å². The van der Waals surface area contributed by atoms with Crippen LogP contribution in [0.5, 0.6) is 0 Å². The molecule has 1 aromatic heterocycles. The van der Waals surface area contributed by atoms with E-state index < -0.39 is 0 Å². The molecule has 2 rings (SSSR count). The van der Waals surface area contributed by atoms with Crippen LogP contribution >= 0.6 is 22.6 Å². The number of hydrogen-bond acceptors (Lipinski definition) is 3. The molecule has 1 N–H and O–H groups in total. The molecule has 0 amide bonds. The van der Waals surface area contributed by atoms with Gasteiger partial charge in [0.05, 0.1) is 6.33 Å². The van der Waals surface area contributed by atoms with Crippen LogP contribution in [0, 0.1) is 9.49 Å². The third-order valence-corrected chi connectivity index (χ3v) is 3.91. The number of aromatic nitrogens is 2. The summed E-state index contributed by atoms with van der Waals surface area (Å²) in [7, 11) is 0. The summed E-state index contributed by atoms with van der Waals surface area (Å²) in [6.45, 7) is 4.26. The van der Waals surface area contributed by atoms with Crippen LogP contribution < -0.4 is 10.5 Å². The van der Waals surface area contributed by atoms with Crippen molar-refractivity contribution in [2.24, 2.45) is 5.92 Å². The molecule has 4 nitrogen and oxygen atoms in total. The maximum atomic E-state index is 11.4. The predicted molar refractivity (Wildman–Crippen MR) is 68.2 cm³/mol. The standard InChI is InChI=1S/C10H14IN3O/c1-2-7-3-4-14(5-7)9-8(11)10(15)13-6-12-9/h6-7H,2-5H2,1H3,(H,12,13,15). The Morgan fingerprint density at radius 2 is 2.53 bits per heavy atom. The van der Waals surface area contributed by atoms with Gasteiger partial charge in [-0.1, -0.05) is 13.3 Å². The van der Waals surface area contributed by atoms with Crippen molar-refractivity contribution in [3.8, 4) is 0 Å². The molecule has 0 aliphatic carbocycles. The highest BCUT2D eigenvalue weighted by molar-refractivity contribution is 14.1. The molecule has 82 valence electrons. The van der Waals surface area contributed by atoms with Gasteiger partial charge in [0.25, 0.3) is 5.56 Å². The molecule has 0 aromatic carbocycles. The van der Waals surface area contributed by atoms with E-state index in [0.717, 1.165) is 24.8 Å². The quantitative estimate of drug-likeness (QED) is 0.843. The summed E-state index contributed by atoms with van der Waals surface area (Å²) in [5.74, 6) is 1.59. The van der Waals surface area contributed by atoms with Gasteiger partial charge in [-0.15, -0.1) is 0 Å². The van der Waals surface area contributed by atoms with Crippen molar-refractivity contribution >= 4 is 28.4 Å². The third-order valence-electron chi connectivity index (χ3n) is 2.94. The first-order valence-electron chi connectivity index (χ1n) is 5.20. The van der Waals surface area contributed by atoms with Crippen LogP contribution in [0.1, 0.15) is 19.8 Å². The Hall–Kier alpha value is -0.590. The lowest BCUT2D eigenvalue weighted by Gasteiger charge is -2.17. The smallest absolute Gasteiger partial charge is 0.266 e. The number of hydrogen-bond donors (Lipinski definition) is 1. The van der Waals surface area contributed by atoms with Gasteiger partial charge in [0.2, 0.25) is 0 Å². The second-order valence-electron chi connectivity index (χ2n) is 3.88. The molecule has 0 saturated carbocycles. The molecule has 1 fully saturated rings. The highest BCUT2D eigenvalue weighted by Crippen LogP contribution is 2.25. The van der Waals surface area contributed by atoms with E-state index in [0.29, 0.717) is 3.57 Å². The molecule has 5 heteroatoms. The SMILES string of the molecule is CCC1CCN(c2nc[nH]c(=O)c2I)C1. The maximum absolute atomic E-state index is 11.4. The molecule has 1 aliphatic heterocycles. The number of anilines is 1. The van der Waals surface area contributed by atoms with E-state index in [-0.39, 0.29) is 5.56 Å². The van der Waals surface area contributed by atoms with Crippen LogP contribution in [-0.4, -0.2) is 23.1 Å². The zero-order valence-electron chi connectivity index (χ0n) is 8.66. The molecular weight excluding hydrogens is 305 g/mol. The molecule has 1 unspecified atom stereocenters. The van der Waals surface area contributed by atoms with Gasteiger partial charge in [0, 0.05) is 13.1 Å². The van der Waals surface area contributed by atoms with Crippen molar-refractivity contribution in [2.45, 2.75) is 19.8 Å².